The van der Waals surface area contributed by atoms with Crippen LogP contribution < -0.4 is 5.56 Å². The molecule has 1 N–H and O–H groups in total. The third-order valence-corrected chi connectivity index (χ3v) is 3.85. The van der Waals surface area contributed by atoms with Crippen LogP contribution in [0.3, 0.4) is 0 Å². The van der Waals surface area contributed by atoms with Gasteiger partial charge in [0.2, 0.25) is 0 Å². The number of fused-ring (bicyclic) bond motifs is 1. The number of aromatic nitrogens is 1. The second kappa shape index (κ2) is 5.66. The molecule has 0 spiro atoms. The largest absolute Gasteiger partial charge is 0.478 e. The van der Waals surface area contributed by atoms with Crippen molar-refractivity contribution in [3.63, 3.8) is 0 Å². The second-order valence-corrected chi connectivity index (χ2v) is 5.36. The van der Waals surface area contributed by atoms with Gasteiger partial charge >= 0.3 is 5.97 Å². The van der Waals surface area contributed by atoms with Gasteiger partial charge < -0.3 is 9.67 Å². The van der Waals surface area contributed by atoms with Crippen LogP contribution in [0.2, 0.25) is 5.02 Å². The Bertz CT molecular complexity index is 913. The van der Waals surface area contributed by atoms with Gasteiger partial charge in [0, 0.05) is 22.0 Å². The van der Waals surface area contributed by atoms with E-state index < -0.39 is 5.97 Å². The minimum Gasteiger partial charge on any atom is -0.478 e. The SMILES string of the molecule is O=C(O)c1ccc(Cn2ccc3c(Cl)cccc3c2=O)cc1. The standard InChI is InChI=1S/C17H12ClNO3/c18-15-3-1-2-14-13(15)8-9-19(16(14)20)10-11-4-6-12(7-5-11)17(21)22/h1-9H,10H2,(H,21,22). The first-order valence-electron chi connectivity index (χ1n) is 6.66. The van der Waals surface area contributed by atoms with Gasteiger partial charge in [-0.25, -0.2) is 4.79 Å². The van der Waals surface area contributed by atoms with E-state index >= 15 is 0 Å². The van der Waals surface area contributed by atoms with Crippen LogP contribution in [0.5, 0.6) is 0 Å². The van der Waals surface area contributed by atoms with Crippen molar-refractivity contribution in [3.05, 3.63) is 81.2 Å². The lowest BCUT2D eigenvalue weighted by molar-refractivity contribution is 0.0697. The molecule has 0 saturated carbocycles. The van der Waals surface area contributed by atoms with Crippen LogP contribution in [0.25, 0.3) is 10.8 Å². The second-order valence-electron chi connectivity index (χ2n) is 4.95. The van der Waals surface area contributed by atoms with Crippen LogP contribution >= 0.6 is 11.6 Å². The highest BCUT2D eigenvalue weighted by atomic mass is 35.5. The first-order valence-corrected chi connectivity index (χ1v) is 7.04. The molecule has 0 bridgehead atoms. The summed E-state index contributed by atoms with van der Waals surface area (Å²) in [7, 11) is 0. The third kappa shape index (κ3) is 2.61. The highest BCUT2D eigenvalue weighted by Gasteiger charge is 2.07. The number of hydrogen-bond acceptors (Lipinski definition) is 2. The molecule has 110 valence electrons. The van der Waals surface area contributed by atoms with Crippen LogP contribution in [0.4, 0.5) is 0 Å². The summed E-state index contributed by atoms with van der Waals surface area (Å²) >= 11 is 6.08. The predicted octanol–water partition coefficient (Wildman–Crippen LogP) is 3.40. The maximum absolute atomic E-state index is 12.5. The summed E-state index contributed by atoms with van der Waals surface area (Å²) in [5, 5.41) is 10.7. The molecule has 3 rings (SSSR count). The molecule has 0 saturated heterocycles. The van der Waals surface area contributed by atoms with Crippen LogP contribution in [-0.4, -0.2) is 15.6 Å². The lowest BCUT2D eigenvalue weighted by Crippen LogP contribution is -2.20. The Labute approximate surface area is 131 Å². The van der Waals surface area contributed by atoms with E-state index in [0.717, 1.165) is 10.9 Å². The van der Waals surface area contributed by atoms with Gasteiger partial charge in [-0.15, -0.1) is 0 Å². The van der Waals surface area contributed by atoms with Crippen molar-refractivity contribution in [2.75, 3.05) is 0 Å². The first kappa shape index (κ1) is 14.4. The number of benzene rings is 2. The lowest BCUT2D eigenvalue weighted by Gasteiger charge is -2.08. The number of aromatic carboxylic acids is 1. The minimum atomic E-state index is -0.968. The lowest BCUT2D eigenvalue weighted by atomic mass is 10.1. The summed E-state index contributed by atoms with van der Waals surface area (Å²) in [6, 6.07) is 13.5. The zero-order valence-electron chi connectivity index (χ0n) is 11.5. The molecule has 0 aliphatic heterocycles. The minimum absolute atomic E-state index is 0.123. The number of halogens is 1. The summed E-state index contributed by atoms with van der Waals surface area (Å²) in [6.45, 7) is 0.376. The fourth-order valence-electron chi connectivity index (χ4n) is 2.35. The number of hydrogen-bond donors (Lipinski definition) is 1. The van der Waals surface area contributed by atoms with Crippen molar-refractivity contribution >= 4 is 28.3 Å². The summed E-state index contributed by atoms with van der Waals surface area (Å²) in [6.07, 6.45) is 1.70. The average molecular weight is 314 g/mol. The third-order valence-electron chi connectivity index (χ3n) is 3.52. The van der Waals surface area contributed by atoms with Gasteiger partial charge in [-0.2, -0.15) is 0 Å². The van der Waals surface area contributed by atoms with Gasteiger partial charge in [-0.1, -0.05) is 29.8 Å². The maximum atomic E-state index is 12.5. The fraction of sp³-hybridized carbons (Fsp3) is 0.0588. The van der Waals surface area contributed by atoms with E-state index in [1.807, 2.05) is 6.07 Å². The van der Waals surface area contributed by atoms with Crippen LogP contribution in [0.15, 0.2) is 59.5 Å². The number of rotatable bonds is 3. The van der Waals surface area contributed by atoms with E-state index in [4.69, 9.17) is 16.7 Å². The molecule has 0 aliphatic carbocycles. The van der Waals surface area contributed by atoms with Gasteiger partial charge in [0.05, 0.1) is 12.1 Å². The molecule has 5 heteroatoms. The topological polar surface area (TPSA) is 59.3 Å². The van der Waals surface area contributed by atoms with E-state index in [2.05, 4.69) is 0 Å². The molecule has 0 atom stereocenters. The van der Waals surface area contributed by atoms with E-state index in [1.54, 1.807) is 41.1 Å². The zero-order valence-corrected chi connectivity index (χ0v) is 12.2. The smallest absolute Gasteiger partial charge is 0.335 e. The number of carbonyl (C=O) groups is 1. The molecule has 0 unspecified atom stereocenters. The molecule has 2 aromatic carbocycles. The van der Waals surface area contributed by atoms with Gasteiger partial charge in [0.1, 0.15) is 0 Å². The number of carboxylic acid groups (broad SMARTS) is 1. The highest BCUT2D eigenvalue weighted by Crippen LogP contribution is 2.20. The summed E-state index contributed by atoms with van der Waals surface area (Å²) in [5.74, 6) is -0.968. The molecule has 4 nitrogen and oxygen atoms in total. The molecule has 3 aromatic rings. The molecule has 0 fully saturated rings. The monoisotopic (exact) mass is 313 g/mol. The van der Waals surface area contributed by atoms with Crippen molar-refractivity contribution < 1.29 is 9.90 Å². The summed E-state index contributed by atoms with van der Waals surface area (Å²) < 4.78 is 1.58. The number of nitrogens with zero attached hydrogens (tertiary/aromatic N) is 1. The quantitative estimate of drug-likeness (QED) is 0.806. The maximum Gasteiger partial charge on any atom is 0.335 e. The van der Waals surface area contributed by atoms with E-state index in [0.29, 0.717) is 17.0 Å². The molecular weight excluding hydrogens is 302 g/mol. The van der Waals surface area contributed by atoms with Gasteiger partial charge in [0.15, 0.2) is 0 Å². The van der Waals surface area contributed by atoms with E-state index in [1.165, 1.54) is 12.1 Å². The van der Waals surface area contributed by atoms with E-state index in [9.17, 15) is 9.59 Å². The van der Waals surface area contributed by atoms with E-state index in [-0.39, 0.29) is 11.1 Å². The van der Waals surface area contributed by atoms with Crippen LogP contribution in [-0.2, 0) is 6.54 Å². The Morgan fingerprint density at radius 2 is 1.77 bits per heavy atom. The van der Waals surface area contributed by atoms with Crippen molar-refractivity contribution in [1.82, 2.24) is 4.57 Å². The molecular formula is C17H12ClNO3. The van der Waals surface area contributed by atoms with Crippen LogP contribution in [0, 0.1) is 0 Å². The molecule has 1 heterocycles. The molecule has 0 amide bonds. The Hall–Kier alpha value is -2.59. The molecule has 0 radical (unpaired) electrons. The summed E-state index contributed by atoms with van der Waals surface area (Å²) in [4.78, 5) is 23.3. The van der Waals surface area contributed by atoms with Gasteiger partial charge in [-0.05, 0) is 35.9 Å². The van der Waals surface area contributed by atoms with Gasteiger partial charge in [0.25, 0.3) is 5.56 Å². The number of carboxylic acids is 1. The van der Waals surface area contributed by atoms with Crippen molar-refractivity contribution in [1.29, 1.82) is 0 Å². The summed E-state index contributed by atoms with van der Waals surface area (Å²) in [5.41, 5.74) is 0.956. The van der Waals surface area contributed by atoms with Crippen LogP contribution in [0.1, 0.15) is 15.9 Å². The molecule has 22 heavy (non-hydrogen) atoms. The molecule has 1 aromatic heterocycles. The Morgan fingerprint density at radius 1 is 1.05 bits per heavy atom. The zero-order chi connectivity index (χ0) is 15.7. The number of pyridine rings is 1. The Morgan fingerprint density at radius 3 is 2.45 bits per heavy atom. The van der Waals surface area contributed by atoms with Crippen molar-refractivity contribution in [2.24, 2.45) is 0 Å². The Balaban J connectivity index is 1.99. The fourth-order valence-corrected chi connectivity index (χ4v) is 2.59. The highest BCUT2D eigenvalue weighted by molar-refractivity contribution is 6.35. The average Bonchev–Trinajstić information content (AvgIpc) is 2.51. The van der Waals surface area contributed by atoms with Crippen molar-refractivity contribution in [2.45, 2.75) is 6.54 Å². The van der Waals surface area contributed by atoms with Crippen molar-refractivity contribution in [3.8, 4) is 0 Å². The normalized spacial score (nSPS) is 10.8. The predicted molar refractivity (Wildman–Crippen MR) is 85.7 cm³/mol. The first-order chi connectivity index (χ1) is 10.6. The van der Waals surface area contributed by atoms with Gasteiger partial charge in [-0.3, -0.25) is 4.79 Å². The molecule has 0 aliphatic rings. The Kier molecular flexibility index (Phi) is 3.69.